The number of ether oxygens (including phenoxy) is 2. The van der Waals surface area contributed by atoms with E-state index in [0.717, 1.165) is 22.6 Å². The third-order valence-electron chi connectivity index (χ3n) is 3.16. The van der Waals surface area contributed by atoms with Crippen LogP contribution in [0.5, 0.6) is 11.5 Å². The van der Waals surface area contributed by atoms with Crippen molar-refractivity contribution in [2.24, 2.45) is 0 Å². The molecule has 22 heavy (non-hydrogen) atoms. The minimum absolute atomic E-state index is 0.295. The number of rotatable bonds is 6. The van der Waals surface area contributed by atoms with Gasteiger partial charge in [0.05, 0.1) is 23.7 Å². The van der Waals surface area contributed by atoms with E-state index in [-0.39, 0.29) is 0 Å². The van der Waals surface area contributed by atoms with Gasteiger partial charge in [-0.1, -0.05) is 18.2 Å². The molecule has 0 aliphatic rings. The van der Waals surface area contributed by atoms with Crippen molar-refractivity contribution in [3.63, 3.8) is 0 Å². The molecule has 0 radical (unpaired) electrons. The number of benzene rings is 2. The van der Waals surface area contributed by atoms with Gasteiger partial charge in [0, 0.05) is 6.26 Å². The molecule has 0 aliphatic carbocycles. The van der Waals surface area contributed by atoms with Crippen molar-refractivity contribution >= 4 is 9.84 Å². The SMILES string of the molecule is CCOc1cccc(OCC)c1-c1ccc(S(C)(=O)=O)cc1. The van der Waals surface area contributed by atoms with Crippen LogP contribution >= 0.6 is 0 Å². The summed E-state index contributed by atoms with van der Waals surface area (Å²) < 4.78 is 34.5. The van der Waals surface area contributed by atoms with Crippen LogP contribution < -0.4 is 9.47 Å². The largest absolute Gasteiger partial charge is 0.493 e. The molecular weight excluding hydrogens is 300 g/mol. The highest BCUT2D eigenvalue weighted by atomic mass is 32.2. The number of hydrogen-bond acceptors (Lipinski definition) is 4. The maximum atomic E-state index is 11.6. The Morgan fingerprint density at radius 2 is 1.36 bits per heavy atom. The second-order valence-electron chi connectivity index (χ2n) is 4.79. The average molecular weight is 320 g/mol. The minimum Gasteiger partial charge on any atom is -0.493 e. The standard InChI is InChI=1S/C17H20O4S/c1-4-20-15-7-6-8-16(21-5-2)17(15)13-9-11-14(12-10-13)22(3,18)19/h6-12H,4-5H2,1-3H3. The lowest BCUT2D eigenvalue weighted by Crippen LogP contribution is -2.00. The van der Waals surface area contributed by atoms with Gasteiger partial charge in [0.1, 0.15) is 11.5 Å². The zero-order valence-corrected chi connectivity index (χ0v) is 13.8. The van der Waals surface area contributed by atoms with Gasteiger partial charge in [0.15, 0.2) is 9.84 Å². The maximum Gasteiger partial charge on any atom is 0.175 e. The van der Waals surface area contributed by atoms with E-state index in [1.54, 1.807) is 24.3 Å². The van der Waals surface area contributed by atoms with Crippen molar-refractivity contribution in [2.75, 3.05) is 19.5 Å². The second kappa shape index (κ2) is 6.83. The fourth-order valence-corrected chi connectivity index (χ4v) is 2.85. The molecule has 2 aromatic carbocycles. The third-order valence-corrected chi connectivity index (χ3v) is 4.29. The fraction of sp³-hybridized carbons (Fsp3) is 0.294. The van der Waals surface area contributed by atoms with E-state index in [1.807, 2.05) is 32.0 Å². The molecule has 0 heterocycles. The molecule has 0 fully saturated rings. The lowest BCUT2D eigenvalue weighted by Gasteiger charge is -2.15. The molecule has 5 heteroatoms. The summed E-state index contributed by atoms with van der Waals surface area (Å²) in [7, 11) is -3.20. The number of sulfone groups is 1. The van der Waals surface area contributed by atoms with Crippen molar-refractivity contribution in [1.82, 2.24) is 0 Å². The van der Waals surface area contributed by atoms with Crippen LogP contribution in [0.4, 0.5) is 0 Å². The van der Waals surface area contributed by atoms with Gasteiger partial charge in [0.25, 0.3) is 0 Å². The Bertz CT molecular complexity index is 710. The number of hydrogen-bond donors (Lipinski definition) is 0. The van der Waals surface area contributed by atoms with Gasteiger partial charge in [-0.3, -0.25) is 0 Å². The lowest BCUT2D eigenvalue weighted by molar-refractivity contribution is 0.326. The van der Waals surface area contributed by atoms with Crippen LogP contribution in [0.1, 0.15) is 13.8 Å². The predicted octanol–water partition coefficient (Wildman–Crippen LogP) is 3.55. The molecular formula is C17H20O4S. The molecule has 0 amide bonds. The molecule has 0 unspecified atom stereocenters. The van der Waals surface area contributed by atoms with E-state index in [2.05, 4.69) is 0 Å². The Morgan fingerprint density at radius 3 is 1.77 bits per heavy atom. The first-order chi connectivity index (χ1) is 10.5. The van der Waals surface area contributed by atoms with Crippen molar-refractivity contribution in [2.45, 2.75) is 18.7 Å². The smallest absolute Gasteiger partial charge is 0.175 e. The van der Waals surface area contributed by atoms with Crippen LogP contribution in [0.25, 0.3) is 11.1 Å². The van der Waals surface area contributed by atoms with Crippen LogP contribution in [0, 0.1) is 0 Å². The van der Waals surface area contributed by atoms with Crippen molar-refractivity contribution in [1.29, 1.82) is 0 Å². The summed E-state index contributed by atoms with van der Waals surface area (Å²) in [6.07, 6.45) is 1.20. The Kier molecular flexibility index (Phi) is 5.08. The van der Waals surface area contributed by atoms with Crippen molar-refractivity contribution in [3.8, 4) is 22.6 Å². The minimum atomic E-state index is -3.20. The van der Waals surface area contributed by atoms with E-state index in [0.29, 0.717) is 18.1 Å². The van der Waals surface area contributed by atoms with Gasteiger partial charge >= 0.3 is 0 Å². The Balaban J connectivity index is 2.54. The van der Waals surface area contributed by atoms with Gasteiger partial charge in [-0.05, 0) is 43.7 Å². The highest BCUT2D eigenvalue weighted by Crippen LogP contribution is 2.38. The average Bonchev–Trinajstić information content (AvgIpc) is 2.47. The van der Waals surface area contributed by atoms with Gasteiger partial charge in [-0.15, -0.1) is 0 Å². The van der Waals surface area contributed by atoms with Gasteiger partial charge < -0.3 is 9.47 Å². The van der Waals surface area contributed by atoms with Crippen molar-refractivity contribution < 1.29 is 17.9 Å². The maximum absolute atomic E-state index is 11.6. The monoisotopic (exact) mass is 320 g/mol. The molecule has 0 bridgehead atoms. The molecule has 118 valence electrons. The van der Waals surface area contributed by atoms with Crippen LogP contribution in [-0.2, 0) is 9.84 Å². The molecule has 0 atom stereocenters. The Labute approximate surface area is 131 Å². The van der Waals surface area contributed by atoms with E-state index in [9.17, 15) is 8.42 Å². The molecule has 4 nitrogen and oxygen atoms in total. The molecule has 2 rings (SSSR count). The van der Waals surface area contributed by atoms with E-state index in [1.165, 1.54) is 6.26 Å². The van der Waals surface area contributed by atoms with E-state index < -0.39 is 9.84 Å². The first kappa shape index (κ1) is 16.4. The summed E-state index contributed by atoms with van der Waals surface area (Å²) in [6, 6.07) is 12.4. The molecule has 0 saturated heterocycles. The van der Waals surface area contributed by atoms with Crippen LogP contribution in [0.15, 0.2) is 47.4 Å². The van der Waals surface area contributed by atoms with Gasteiger partial charge in [-0.2, -0.15) is 0 Å². The molecule has 0 saturated carbocycles. The zero-order chi connectivity index (χ0) is 16.2. The summed E-state index contributed by atoms with van der Waals surface area (Å²) in [5, 5.41) is 0. The van der Waals surface area contributed by atoms with Crippen molar-refractivity contribution in [3.05, 3.63) is 42.5 Å². The Hall–Kier alpha value is -2.01. The Morgan fingerprint density at radius 1 is 0.864 bits per heavy atom. The molecule has 2 aromatic rings. The molecule has 0 aliphatic heterocycles. The normalized spacial score (nSPS) is 11.2. The lowest BCUT2D eigenvalue weighted by atomic mass is 10.0. The van der Waals surface area contributed by atoms with Crippen LogP contribution in [0.3, 0.4) is 0 Å². The van der Waals surface area contributed by atoms with E-state index >= 15 is 0 Å². The molecule has 0 N–H and O–H groups in total. The van der Waals surface area contributed by atoms with E-state index in [4.69, 9.17) is 9.47 Å². The van der Waals surface area contributed by atoms with Gasteiger partial charge in [-0.25, -0.2) is 8.42 Å². The highest BCUT2D eigenvalue weighted by molar-refractivity contribution is 7.90. The topological polar surface area (TPSA) is 52.6 Å². The second-order valence-corrected chi connectivity index (χ2v) is 6.81. The van der Waals surface area contributed by atoms with Crippen LogP contribution in [-0.4, -0.2) is 27.9 Å². The predicted molar refractivity (Wildman–Crippen MR) is 87.3 cm³/mol. The quantitative estimate of drug-likeness (QED) is 0.816. The zero-order valence-electron chi connectivity index (χ0n) is 13.0. The summed E-state index contributed by atoms with van der Waals surface area (Å²) in [5.74, 6) is 1.45. The van der Waals surface area contributed by atoms with Gasteiger partial charge in [0.2, 0.25) is 0 Å². The first-order valence-corrected chi connectivity index (χ1v) is 9.05. The highest BCUT2D eigenvalue weighted by Gasteiger charge is 2.14. The summed E-state index contributed by atoms with van der Waals surface area (Å²) in [6.45, 7) is 4.93. The molecule has 0 spiro atoms. The molecule has 0 aromatic heterocycles. The first-order valence-electron chi connectivity index (χ1n) is 7.16. The van der Waals surface area contributed by atoms with Crippen LogP contribution in [0.2, 0.25) is 0 Å². The summed E-state index contributed by atoms with van der Waals surface area (Å²) >= 11 is 0. The summed E-state index contributed by atoms with van der Waals surface area (Å²) in [5.41, 5.74) is 1.70. The summed E-state index contributed by atoms with van der Waals surface area (Å²) in [4.78, 5) is 0.295. The third kappa shape index (κ3) is 3.60. The fourth-order valence-electron chi connectivity index (χ4n) is 2.22.